The van der Waals surface area contributed by atoms with Gasteiger partial charge in [0, 0.05) is 5.56 Å². The van der Waals surface area contributed by atoms with Gasteiger partial charge in [-0.25, -0.2) is 5.43 Å². The maximum atomic E-state index is 12.8. The number of hydrogen-bond acceptors (Lipinski definition) is 8. The Hall–Kier alpha value is -4.65. The van der Waals surface area contributed by atoms with Crippen molar-refractivity contribution in [1.82, 2.24) is 15.2 Å². The summed E-state index contributed by atoms with van der Waals surface area (Å²) < 4.78 is 16.5. The lowest BCUT2D eigenvalue weighted by Gasteiger charge is -2.11. The van der Waals surface area contributed by atoms with Gasteiger partial charge >= 0.3 is 0 Å². The third-order valence-corrected chi connectivity index (χ3v) is 4.77. The number of methoxy groups -OCH3 is 3. The van der Waals surface area contributed by atoms with Gasteiger partial charge in [0.25, 0.3) is 11.5 Å². The number of benzene rings is 2. The second-order valence-corrected chi connectivity index (χ2v) is 6.69. The zero-order chi connectivity index (χ0) is 24.0. The zero-order valence-corrected chi connectivity index (χ0v) is 18.4. The third kappa shape index (κ3) is 4.83. The zero-order valence-electron chi connectivity index (χ0n) is 18.4. The number of carbonyl (C=O) groups excluding carboxylic acids is 1. The van der Waals surface area contributed by atoms with Crippen molar-refractivity contribution in [3.63, 3.8) is 0 Å². The molecule has 10 nitrogen and oxygen atoms in total. The van der Waals surface area contributed by atoms with Crippen LogP contribution in [0.2, 0.25) is 0 Å². The van der Waals surface area contributed by atoms with Crippen LogP contribution in [0.3, 0.4) is 0 Å². The number of hydrazone groups is 1. The number of nitrogens with zero attached hydrogens (tertiary/aromatic N) is 4. The number of nitriles is 1. The van der Waals surface area contributed by atoms with Crippen LogP contribution in [0, 0.1) is 18.3 Å². The molecule has 0 aliphatic heterocycles. The van der Waals surface area contributed by atoms with E-state index in [-0.39, 0.29) is 16.8 Å². The molecule has 33 heavy (non-hydrogen) atoms. The average Bonchev–Trinajstić information content (AvgIpc) is 2.84. The van der Waals surface area contributed by atoms with Crippen LogP contribution in [0.1, 0.15) is 27.2 Å². The molecule has 168 valence electrons. The van der Waals surface area contributed by atoms with Crippen LogP contribution in [0.15, 0.2) is 52.4 Å². The average molecular weight is 447 g/mol. The van der Waals surface area contributed by atoms with Crippen LogP contribution in [-0.4, -0.2) is 43.2 Å². The monoisotopic (exact) mass is 447 g/mol. The number of aromatic nitrogens is 2. The van der Waals surface area contributed by atoms with Gasteiger partial charge < -0.3 is 14.2 Å². The van der Waals surface area contributed by atoms with E-state index in [0.29, 0.717) is 28.5 Å². The quantitative estimate of drug-likeness (QED) is 0.434. The van der Waals surface area contributed by atoms with Crippen LogP contribution >= 0.6 is 0 Å². The van der Waals surface area contributed by atoms with Crippen LogP contribution in [0.5, 0.6) is 17.2 Å². The number of nitrogens with one attached hydrogen (secondary N) is 1. The molecule has 0 spiro atoms. The smallest absolute Gasteiger partial charge is 0.292 e. The predicted octanol–water partition coefficient (Wildman–Crippen LogP) is 2.20. The molecule has 0 radical (unpaired) electrons. The van der Waals surface area contributed by atoms with Gasteiger partial charge in [-0.2, -0.15) is 20.1 Å². The molecule has 0 aliphatic carbocycles. The number of rotatable bonds is 7. The normalized spacial score (nSPS) is 10.5. The van der Waals surface area contributed by atoms with Gasteiger partial charge in [0.2, 0.25) is 0 Å². The molecule has 0 saturated carbocycles. The van der Waals surface area contributed by atoms with Gasteiger partial charge in [-0.3, -0.25) is 9.59 Å². The Balaban J connectivity index is 1.92. The minimum Gasteiger partial charge on any atom is -0.497 e. The van der Waals surface area contributed by atoms with Crippen LogP contribution in [0.4, 0.5) is 0 Å². The summed E-state index contributed by atoms with van der Waals surface area (Å²) >= 11 is 0. The van der Waals surface area contributed by atoms with Crippen molar-refractivity contribution in [1.29, 1.82) is 5.26 Å². The lowest BCUT2D eigenvalue weighted by molar-refractivity contribution is 0.0947. The molecule has 0 saturated heterocycles. The maximum absolute atomic E-state index is 12.8. The largest absolute Gasteiger partial charge is 0.497 e. The van der Waals surface area contributed by atoms with Crippen LogP contribution < -0.4 is 25.2 Å². The summed E-state index contributed by atoms with van der Waals surface area (Å²) in [6, 6.07) is 13.5. The number of hydrogen-bond donors (Lipinski definition) is 1. The second-order valence-electron chi connectivity index (χ2n) is 6.69. The lowest BCUT2D eigenvalue weighted by atomic mass is 10.1. The van der Waals surface area contributed by atoms with Gasteiger partial charge in [-0.05, 0) is 55.0 Å². The van der Waals surface area contributed by atoms with E-state index in [4.69, 9.17) is 14.2 Å². The first-order chi connectivity index (χ1) is 15.9. The summed E-state index contributed by atoms with van der Waals surface area (Å²) in [7, 11) is 4.56. The van der Waals surface area contributed by atoms with E-state index < -0.39 is 11.5 Å². The Kier molecular flexibility index (Phi) is 7.05. The molecule has 0 aliphatic rings. The topological polar surface area (TPSA) is 128 Å². The van der Waals surface area contributed by atoms with Crippen molar-refractivity contribution in [3.05, 3.63) is 75.2 Å². The summed E-state index contributed by atoms with van der Waals surface area (Å²) in [6.07, 6.45) is 1.42. The van der Waals surface area contributed by atoms with E-state index in [1.165, 1.54) is 34.5 Å². The molecule has 2 aromatic carbocycles. The van der Waals surface area contributed by atoms with Crippen molar-refractivity contribution in [2.45, 2.75) is 6.92 Å². The SMILES string of the molecule is COc1ccc(-n2nc(C(=O)N/N=C/c3ccc(OC)c(OC)c3)c(C)c(C#N)c2=O)cc1. The van der Waals surface area contributed by atoms with Gasteiger partial charge in [-0.15, -0.1) is 0 Å². The molecule has 1 amide bonds. The van der Waals surface area contributed by atoms with E-state index in [0.717, 1.165) is 4.68 Å². The molecule has 3 rings (SSSR count). The molecule has 3 aromatic rings. The fourth-order valence-corrected chi connectivity index (χ4v) is 3.00. The van der Waals surface area contributed by atoms with Gasteiger partial charge in [0.15, 0.2) is 17.2 Å². The Labute approximate surface area is 189 Å². The molecule has 10 heteroatoms. The second kappa shape index (κ2) is 10.1. The molecule has 1 N–H and O–H groups in total. The number of carbonyl (C=O) groups is 1. The van der Waals surface area contributed by atoms with Crippen molar-refractivity contribution in [2.75, 3.05) is 21.3 Å². The Morgan fingerprint density at radius 1 is 1.09 bits per heavy atom. The standard InChI is InChI=1S/C23H21N5O5/c1-14-18(12-24)23(30)28(16-6-8-17(31-2)9-7-16)27-21(14)22(29)26-25-13-15-5-10-19(32-3)20(11-15)33-4/h5-11,13H,1-4H3,(H,26,29)/b25-13+. The van der Waals surface area contributed by atoms with Gasteiger partial charge in [0.05, 0.1) is 33.2 Å². The molecule has 1 heterocycles. The highest BCUT2D eigenvalue weighted by Crippen LogP contribution is 2.26. The number of ether oxygens (including phenoxy) is 3. The van der Waals surface area contributed by atoms with E-state index in [1.807, 2.05) is 6.07 Å². The summed E-state index contributed by atoms with van der Waals surface area (Å²) in [4.78, 5) is 25.5. The van der Waals surface area contributed by atoms with Gasteiger partial charge in [-0.1, -0.05) is 0 Å². The summed E-state index contributed by atoms with van der Waals surface area (Å²) in [6.45, 7) is 1.48. The molecule has 0 bridgehead atoms. The Morgan fingerprint density at radius 3 is 2.39 bits per heavy atom. The Morgan fingerprint density at radius 2 is 1.79 bits per heavy atom. The molecule has 0 atom stereocenters. The van der Waals surface area contributed by atoms with Crippen molar-refractivity contribution in [2.24, 2.45) is 5.10 Å². The predicted molar refractivity (Wildman–Crippen MR) is 120 cm³/mol. The molecule has 1 aromatic heterocycles. The van der Waals surface area contributed by atoms with Crippen LogP contribution in [-0.2, 0) is 0 Å². The summed E-state index contributed by atoms with van der Waals surface area (Å²) in [5.74, 6) is 0.976. The van der Waals surface area contributed by atoms with E-state index in [9.17, 15) is 14.9 Å². The van der Waals surface area contributed by atoms with E-state index in [2.05, 4.69) is 15.6 Å². The van der Waals surface area contributed by atoms with Gasteiger partial charge in [0.1, 0.15) is 17.4 Å². The molecular formula is C23H21N5O5. The Bertz CT molecular complexity index is 1310. The van der Waals surface area contributed by atoms with Crippen molar-refractivity contribution in [3.8, 4) is 29.0 Å². The number of amides is 1. The third-order valence-electron chi connectivity index (χ3n) is 4.77. The first-order valence-electron chi connectivity index (χ1n) is 9.67. The molecule has 0 unspecified atom stereocenters. The first kappa shape index (κ1) is 23.0. The minimum absolute atomic E-state index is 0.105. The lowest BCUT2D eigenvalue weighted by Crippen LogP contribution is -2.31. The molecule has 0 fully saturated rings. The highest BCUT2D eigenvalue weighted by atomic mass is 16.5. The summed E-state index contributed by atoms with van der Waals surface area (Å²) in [5.41, 5.74) is 2.63. The molecular weight excluding hydrogens is 426 g/mol. The van der Waals surface area contributed by atoms with Crippen molar-refractivity contribution < 1.29 is 19.0 Å². The summed E-state index contributed by atoms with van der Waals surface area (Å²) in [5, 5.41) is 17.6. The highest BCUT2D eigenvalue weighted by Gasteiger charge is 2.20. The van der Waals surface area contributed by atoms with Crippen molar-refractivity contribution >= 4 is 12.1 Å². The van der Waals surface area contributed by atoms with E-state index >= 15 is 0 Å². The first-order valence-corrected chi connectivity index (χ1v) is 9.67. The van der Waals surface area contributed by atoms with Crippen LogP contribution in [0.25, 0.3) is 5.69 Å². The minimum atomic E-state index is -0.678. The van der Waals surface area contributed by atoms with E-state index in [1.54, 1.807) is 42.5 Å². The fraction of sp³-hybridized carbons (Fsp3) is 0.174. The fourth-order valence-electron chi connectivity index (χ4n) is 3.00. The maximum Gasteiger partial charge on any atom is 0.292 e. The highest BCUT2D eigenvalue weighted by molar-refractivity contribution is 5.94.